The van der Waals surface area contributed by atoms with E-state index in [0.29, 0.717) is 33.9 Å². The highest BCUT2D eigenvalue weighted by molar-refractivity contribution is 8.24. The van der Waals surface area contributed by atoms with Crippen LogP contribution in [0.1, 0.15) is 47.8 Å². The number of thioether (sulfide) groups is 1. The molecule has 5 aromatic rings. The highest BCUT2D eigenvalue weighted by Gasteiger charge is 2.44. The van der Waals surface area contributed by atoms with Crippen molar-refractivity contribution in [3.05, 3.63) is 144 Å². The number of rotatable bonds is 10. The van der Waals surface area contributed by atoms with Crippen LogP contribution in [0.2, 0.25) is 0 Å². The number of anilines is 1. The lowest BCUT2D eigenvalue weighted by molar-refractivity contribution is -0.231. The van der Waals surface area contributed by atoms with Crippen LogP contribution in [0.3, 0.4) is 0 Å². The summed E-state index contributed by atoms with van der Waals surface area (Å²) in [6.07, 6.45) is -6.11. The molecule has 0 spiro atoms. The molecule has 0 aromatic heterocycles. The van der Waals surface area contributed by atoms with Crippen LogP contribution in [-0.2, 0) is 4.74 Å². The number of aliphatic hydroxyl groups is 5. The zero-order valence-electron chi connectivity index (χ0n) is 28.5. The Morgan fingerprint density at radius 2 is 1.38 bits per heavy atom. The van der Waals surface area contributed by atoms with Gasteiger partial charge in [-0.3, -0.25) is 0 Å². The predicted molar refractivity (Wildman–Crippen MR) is 208 cm³/mol. The van der Waals surface area contributed by atoms with Gasteiger partial charge in [0.15, 0.2) is 0 Å². The monoisotopic (exact) mass is 753 g/mol. The van der Waals surface area contributed by atoms with E-state index >= 15 is 0 Å². The van der Waals surface area contributed by atoms with Gasteiger partial charge in [-0.05, 0) is 76.6 Å². The quantitative estimate of drug-likeness (QED) is 0.0843. The Bertz CT molecular complexity index is 2020. The van der Waals surface area contributed by atoms with E-state index in [1.807, 2.05) is 54.6 Å². The maximum absolute atomic E-state index is 13.6. The highest BCUT2D eigenvalue weighted by Crippen LogP contribution is 2.50. The van der Waals surface area contributed by atoms with E-state index in [0.717, 1.165) is 27.9 Å². The number of nitrogens with zero attached hydrogens (tertiary/aromatic N) is 1. The summed E-state index contributed by atoms with van der Waals surface area (Å²) < 4.78 is 19.9. The minimum atomic E-state index is -1.48. The molecule has 0 radical (unpaired) electrons. The van der Waals surface area contributed by atoms with Gasteiger partial charge in [0.05, 0.1) is 18.8 Å². The van der Waals surface area contributed by atoms with Gasteiger partial charge in [0.25, 0.3) is 0 Å². The van der Waals surface area contributed by atoms with Gasteiger partial charge >= 0.3 is 0 Å². The minimum absolute atomic E-state index is 0.0748. The zero-order chi connectivity index (χ0) is 37.2. The molecule has 8 nitrogen and oxygen atoms in total. The molecule has 11 heteroatoms. The predicted octanol–water partition coefficient (Wildman–Crippen LogP) is 6.84. The SMILES string of the molecule is OCC1OC(c2ccc(-c3ccc(C4C(CCC(O)c5ccc(F)cc5)SC(=S)N4c4ccc(-c5ccccc5)cc4)c(O)c3)cc2)C(O)C(O)C1O. The van der Waals surface area contributed by atoms with Crippen LogP contribution in [0.15, 0.2) is 121 Å². The molecule has 0 saturated carbocycles. The first-order valence-electron chi connectivity index (χ1n) is 17.5. The third-order valence-electron chi connectivity index (χ3n) is 10.1. The summed E-state index contributed by atoms with van der Waals surface area (Å²) in [7, 11) is 0. The van der Waals surface area contributed by atoms with Crippen molar-refractivity contribution < 1.29 is 39.8 Å². The number of hydrogen-bond acceptors (Lipinski definition) is 9. The normalized spacial score (nSPS) is 25.1. The van der Waals surface area contributed by atoms with Crippen LogP contribution in [-0.4, -0.2) is 71.2 Å². The van der Waals surface area contributed by atoms with Gasteiger partial charge < -0.3 is 40.3 Å². The summed E-state index contributed by atoms with van der Waals surface area (Å²) in [5.41, 5.74) is 6.41. The first-order chi connectivity index (χ1) is 25.6. The first kappa shape index (κ1) is 37.2. The topological polar surface area (TPSA) is 134 Å². The minimum Gasteiger partial charge on any atom is -0.508 e. The van der Waals surface area contributed by atoms with E-state index in [-0.39, 0.29) is 22.9 Å². The maximum Gasteiger partial charge on any atom is 0.141 e. The summed E-state index contributed by atoms with van der Waals surface area (Å²) >= 11 is 7.50. The van der Waals surface area contributed by atoms with E-state index in [4.69, 9.17) is 17.0 Å². The largest absolute Gasteiger partial charge is 0.508 e. The molecular formula is C42H40FNO7S2. The molecule has 8 unspecified atom stereocenters. The van der Waals surface area contributed by atoms with Gasteiger partial charge in [-0.1, -0.05) is 115 Å². The van der Waals surface area contributed by atoms with Gasteiger partial charge in [0.2, 0.25) is 0 Å². The average Bonchev–Trinajstić information content (AvgIpc) is 3.52. The van der Waals surface area contributed by atoms with E-state index in [1.165, 1.54) is 23.9 Å². The van der Waals surface area contributed by atoms with Crippen molar-refractivity contribution in [2.75, 3.05) is 11.5 Å². The third kappa shape index (κ3) is 7.75. The molecule has 2 aliphatic rings. The van der Waals surface area contributed by atoms with Crippen LogP contribution >= 0.6 is 24.0 Å². The van der Waals surface area contributed by atoms with E-state index in [9.17, 15) is 35.0 Å². The molecule has 0 bridgehead atoms. The third-order valence-corrected chi connectivity index (χ3v) is 11.8. The highest BCUT2D eigenvalue weighted by atomic mass is 32.2. The molecule has 0 aliphatic carbocycles. The van der Waals surface area contributed by atoms with E-state index < -0.39 is 43.2 Å². The number of phenolic OH excluding ortho intramolecular Hbond substituents is 1. The van der Waals surface area contributed by atoms with Crippen molar-refractivity contribution in [3.63, 3.8) is 0 Å². The fraction of sp³-hybridized carbons (Fsp3) is 0.262. The van der Waals surface area contributed by atoms with Gasteiger partial charge in [-0.2, -0.15) is 0 Å². The van der Waals surface area contributed by atoms with E-state index in [1.54, 1.807) is 30.3 Å². The fourth-order valence-electron chi connectivity index (χ4n) is 7.19. The van der Waals surface area contributed by atoms with Gasteiger partial charge in [0, 0.05) is 16.5 Å². The Balaban J connectivity index is 1.17. The molecule has 2 fully saturated rings. The first-order valence-corrected chi connectivity index (χ1v) is 18.7. The smallest absolute Gasteiger partial charge is 0.141 e. The number of phenols is 1. The Labute approximate surface area is 316 Å². The van der Waals surface area contributed by atoms with Crippen molar-refractivity contribution in [1.82, 2.24) is 0 Å². The van der Waals surface area contributed by atoms with Crippen molar-refractivity contribution in [3.8, 4) is 28.0 Å². The molecule has 5 aromatic carbocycles. The lowest BCUT2D eigenvalue weighted by atomic mass is 9.90. The van der Waals surface area contributed by atoms with Crippen LogP contribution in [0, 0.1) is 5.82 Å². The second kappa shape index (κ2) is 16.1. The lowest BCUT2D eigenvalue weighted by Gasteiger charge is -2.40. The number of ether oxygens (including phenoxy) is 1. The summed E-state index contributed by atoms with van der Waals surface area (Å²) in [5, 5.41) is 63.2. The van der Waals surface area contributed by atoms with Crippen LogP contribution < -0.4 is 4.90 Å². The molecule has 6 N–H and O–H groups in total. The Morgan fingerprint density at radius 1 is 0.755 bits per heavy atom. The number of aliphatic hydroxyl groups excluding tert-OH is 5. The molecule has 2 heterocycles. The zero-order valence-corrected chi connectivity index (χ0v) is 30.2. The molecule has 53 heavy (non-hydrogen) atoms. The second-order valence-electron chi connectivity index (χ2n) is 13.4. The molecule has 274 valence electrons. The number of aromatic hydroxyl groups is 1. The number of thiocarbonyl (C=S) groups is 1. The summed E-state index contributed by atoms with van der Waals surface area (Å²) in [4.78, 5) is 2.06. The second-order valence-corrected chi connectivity index (χ2v) is 15.3. The Morgan fingerprint density at radius 3 is 2.04 bits per heavy atom. The van der Waals surface area contributed by atoms with Crippen molar-refractivity contribution in [2.24, 2.45) is 0 Å². The summed E-state index contributed by atoms with van der Waals surface area (Å²) in [6.45, 7) is -0.512. The van der Waals surface area contributed by atoms with Crippen molar-refractivity contribution in [2.45, 2.75) is 60.8 Å². The Kier molecular flexibility index (Phi) is 11.3. The number of halogens is 1. The summed E-state index contributed by atoms with van der Waals surface area (Å²) in [6, 6.07) is 36.3. The van der Waals surface area contributed by atoms with Crippen molar-refractivity contribution in [1.29, 1.82) is 0 Å². The van der Waals surface area contributed by atoms with Crippen LogP contribution in [0.5, 0.6) is 5.75 Å². The molecule has 2 aliphatic heterocycles. The van der Waals surface area contributed by atoms with Crippen LogP contribution in [0.25, 0.3) is 22.3 Å². The molecular weight excluding hydrogens is 714 g/mol. The van der Waals surface area contributed by atoms with Crippen LogP contribution in [0.4, 0.5) is 10.1 Å². The van der Waals surface area contributed by atoms with Gasteiger partial charge in [-0.15, -0.1) is 0 Å². The standard InChI is InChI=1S/C42H40FNO7S2/c43-30-15-10-27(11-16-30)33(46)20-21-36-37(44(42(52)53-36)31-17-12-25(13-18-31)24-4-2-1-3-5-24)32-19-14-29(22-34(32)47)26-6-8-28(9-7-26)41-40(50)39(49)38(48)35(23-45)51-41/h1-19,22,33,35-41,45-50H,20-21,23H2. The fourth-order valence-corrected chi connectivity index (χ4v) is 9.02. The maximum atomic E-state index is 13.6. The van der Waals surface area contributed by atoms with E-state index in [2.05, 4.69) is 29.2 Å². The Hall–Kier alpha value is -4.17. The number of benzene rings is 5. The summed E-state index contributed by atoms with van der Waals surface area (Å²) in [5.74, 6) is -0.291. The number of hydrogen-bond donors (Lipinski definition) is 6. The van der Waals surface area contributed by atoms with Gasteiger partial charge in [-0.25, -0.2) is 4.39 Å². The molecule has 8 atom stereocenters. The molecule has 2 saturated heterocycles. The average molecular weight is 754 g/mol. The molecule has 7 rings (SSSR count). The van der Waals surface area contributed by atoms with Gasteiger partial charge in [0.1, 0.15) is 46.4 Å². The van der Waals surface area contributed by atoms with Crippen molar-refractivity contribution >= 4 is 34.0 Å². The molecule has 0 amide bonds. The lowest BCUT2D eigenvalue weighted by Crippen LogP contribution is -2.55.